The molecular formula is C25H33N5O. The molecule has 3 atom stereocenters. The van der Waals surface area contributed by atoms with E-state index in [4.69, 9.17) is 0 Å². The summed E-state index contributed by atoms with van der Waals surface area (Å²) in [6.45, 7) is 11.2. The molecule has 2 saturated heterocycles. The average molecular weight is 420 g/mol. The Balaban J connectivity index is 1.19. The van der Waals surface area contributed by atoms with Crippen LogP contribution in [0.5, 0.6) is 0 Å². The number of carbonyl (C=O) groups is 1. The summed E-state index contributed by atoms with van der Waals surface area (Å²) in [6.07, 6.45) is 7.41. The molecule has 2 bridgehead atoms. The fourth-order valence-corrected chi connectivity index (χ4v) is 5.54. The molecule has 164 valence electrons. The van der Waals surface area contributed by atoms with Crippen molar-refractivity contribution in [3.8, 4) is 11.1 Å². The lowest BCUT2D eigenvalue weighted by molar-refractivity contribution is -0.135. The third-order valence-electron chi connectivity index (χ3n) is 7.64. The van der Waals surface area contributed by atoms with E-state index in [1.54, 1.807) is 6.33 Å². The molecule has 2 unspecified atom stereocenters. The molecule has 1 amide bonds. The van der Waals surface area contributed by atoms with Gasteiger partial charge in [0, 0.05) is 62.3 Å². The fraction of sp³-hybridized carbons (Fsp3) is 0.560. The zero-order chi connectivity index (χ0) is 21.5. The Kier molecular flexibility index (Phi) is 5.52. The third-order valence-corrected chi connectivity index (χ3v) is 7.64. The molecule has 0 aliphatic carbocycles. The molecule has 6 heteroatoms. The van der Waals surface area contributed by atoms with E-state index in [-0.39, 0.29) is 0 Å². The topological polar surface area (TPSA) is 52.6 Å². The lowest BCUT2D eigenvalue weighted by Crippen LogP contribution is -2.54. The van der Waals surface area contributed by atoms with E-state index in [9.17, 15) is 4.79 Å². The maximum Gasteiger partial charge on any atom is 0.237 e. The van der Waals surface area contributed by atoms with Gasteiger partial charge in [0.05, 0.1) is 6.54 Å². The first kappa shape index (κ1) is 20.6. The molecule has 1 aromatic heterocycles. The molecule has 1 aromatic carbocycles. The second-order valence-corrected chi connectivity index (χ2v) is 9.84. The Hall–Kier alpha value is -2.31. The van der Waals surface area contributed by atoms with Crippen LogP contribution in [0.1, 0.15) is 38.3 Å². The minimum absolute atomic E-state index is 0.311. The molecule has 6 nitrogen and oxygen atoms in total. The van der Waals surface area contributed by atoms with Gasteiger partial charge in [-0.2, -0.15) is 0 Å². The standard InChI is InChI=1S/C25H33N5O/c1-17(2)18(3)29-13-24-9-23(29)14-30(24)25(31)15-28-7-6-20-8-19(4-5-21(20)12-28)22-10-26-16-27-11-22/h4-5,8,10-11,16-18,23-24H,6-7,9,12-15H2,1-3H3/t18?,23?,24-/m1/s1. The zero-order valence-electron chi connectivity index (χ0n) is 18.9. The summed E-state index contributed by atoms with van der Waals surface area (Å²) in [7, 11) is 0. The predicted molar refractivity (Wildman–Crippen MR) is 121 cm³/mol. The molecule has 2 aromatic rings. The highest BCUT2D eigenvalue weighted by atomic mass is 16.2. The zero-order valence-corrected chi connectivity index (χ0v) is 18.9. The van der Waals surface area contributed by atoms with E-state index in [2.05, 4.69) is 63.6 Å². The Morgan fingerprint density at radius 1 is 1.06 bits per heavy atom. The maximum absolute atomic E-state index is 13.1. The van der Waals surface area contributed by atoms with Crippen molar-refractivity contribution in [3.05, 3.63) is 48.0 Å². The van der Waals surface area contributed by atoms with Gasteiger partial charge in [-0.05, 0) is 42.4 Å². The van der Waals surface area contributed by atoms with Gasteiger partial charge in [0.15, 0.2) is 0 Å². The van der Waals surface area contributed by atoms with Crippen LogP contribution in [0.25, 0.3) is 11.1 Å². The Morgan fingerprint density at radius 2 is 1.87 bits per heavy atom. The van der Waals surface area contributed by atoms with Gasteiger partial charge in [-0.25, -0.2) is 9.97 Å². The molecule has 0 N–H and O–H groups in total. The lowest BCUT2D eigenvalue weighted by atomic mass is 9.95. The Morgan fingerprint density at radius 3 is 2.58 bits per heavy atom. The first-order valence-electron chi connectivity index (χ1n) is 11.6. The first-order valence-corrected chi connectivity index (χ1v) is 11.6. The molecule has 3 aliphatic rings. The van der Waals surface area contributed by atoms with Crippen molar-refractivity contribution in [1.29, 1.82) is 0 Å². The van der Waals surface area contributed by atoms with Gasteiger partial charge in [-0.3, -0.25) is 14.6 Å². The fourth-order valence-electron chi connectivity index (χ4n) is 5.54. The number of nitrogens with zero attached hydrogens (tertiary/aromatic N) is 5. The van der Waals surface area contributed by atoms with Crippen molar-refractivity contribution < 1.29 is 4.79 Å². The quantitative estimate of drug-likeness (QED) is 0.746. The van der Waals surface area contributed by atoms with Gasteiger partial charge in [0.1, 0.15) is 6.33 Å². The van der Waals surface area contributed by atoms with Crippen LogP contribution in [0.2, 0.25) is 0 Å². The van der Waals surface area contributed by atoms with Crippen LogP contribution >= 0.6 is 0 Å². The number of hydrogen-bond acceptors (Lipinski definition) is 5. The van der Waals surface area contributed by atoms with Gasteiger partial charge in [-0.1, -0.05) is 32.0 Å². The molecule has 5 rings (SSSR count). The average Bonchev–Trinajstić information content (AvgIpc) is 3.40. The SMILES string of the molecule is CC(C)C(C)N1C[C@H]2CC1CN2C(=O)CN1CCc2cc(-c3cncnc3)ccc2C1. The first-order chi connectivity index (χ1) is 15.0. The normalized spacial score (nSPS) is 24.6. The van der Waals surface area contributed by atoms with E-state index < -0.39 is 0 Å². The number of benzene rings is 1. The number of likely N-dealkylation sites (tertiary alicyclic amines) is 2. The van der Waals surface area contributed by atoms with E-state index >= 15 is 0 Å². The minimum atomic E-state index is 0.311. The van der Waals surface area contributed by atoms with Crippen LogP contribution < -0.4 is 0 Å². The largest absolute Gasteiger partial charge is 0.336 e. The monoisotopic (exact) mass is 419 g/mol. The number of piperazine rings is 1. The van der Waals surface area contributed by atoms with Crippen LogP contribution in [-0.4, -0.2) is 74.9 Å². The highest BCUT2D eigenvalue weighted by molar-refractivity contribution is 5.79. The number of fused-ring (bicyclic) bond motifs is 3. The number of hydrogen-bond donors (Lipinski definition) is 0. The van der Waals surface area contributed by atoms with Gasteiger partial charge >= 0.3 is 0 Å². The number of amides is 1. The molecule has 31 heavy (non-hydrogen) atoms. The minimum Gasteiger partial charge on any atom is -0.336 e. The summed E-state index contributed by atoms with van der Waals surface area (Å²) in [6, 6.07) is 8.17. The molecule has 0 spiro atoms. The smallest absolute Gasteiger partial charge is 0.237 e. The highest BCUT2D eigenvalue weighted by Crippen LogP contribution is 2.34. The van der Waals surface area contributed by atoms with Crippen molar-refractivity contribution in [3.63, 3.8) is 0 Å². The summed E-state index contributed by atoms with van der Waals surface area (Å²) in [5.74, 6) is 0.970. The highest BCUT2D eigenvalue weighted by Gasteiger charge is 2.46. The predicted octanol–water partition coefficient (Wildman–Crippen LogP) is 2.83. The van der Waals surface area contributed by atoms with E-state index in [0.717, 1.165) is 50.1 Å². The summed E-state index contributed by atoms with van der Waals surface area (Å²) in [5.41, 5.74) is 4.92. The van der Waals surface area contributed by atoms with Crippen LogP contribution in [0.4, 0.5) is 0 Å². The summed E-state index contributed by atoms with van der Waals surface area (Å²) < 4.78 is 0. The Bertz CT molecular complexity index is 946. The van der Waals surface area contributed by atoms with Crippen LogP contribution in [-0.2, 0) is 17.8 Å². The summed E-state index contributed by atoms with van der Waals surface area (Å²) >= 11 is 0. The van der Waals surface area contributed by atoms with Crippen molar-refractivity contribution in [2.75, 3.05) is 26.2 Å². The molecule has 0 saturated carbocycles. The molecule has 4 heterocycles. The molecule has 3 aliphatic heterocycles. The van der Waals surface area contributed by atoms with Gasteiger partial charge in [0.25, 0.3) is 0 Å². The van der Waals surface area contributed by atoms with E-state index in [1.165, 1.54) is 11.1 Å². The Labute approximate surface area is 185 Å². The van der Waals surface area contributed by atoms with Crippen molar-refractivity contribution in [2.45, 2.75) is 58.3 Å². The summed E-state index contributed by atoms with van der Waals surface area (Å²) in [5, 5.41) is 0. The van der Waals surface area contributed by atoms with Crippen molar-refractivity contribution in [2.24, 2.45) is 5.92 Å². The second kappa shape index (κ2) is 8.32. The number of rotatable bonds is 5. The van der Waals surface area contributed by atoms with E-state index in [1.807, 2.05) is 12.4 Å². The van der Waals surface area contributed by atoms with Gasteiger partial charge in [-0.15, -0.1) is 0 Å². The maximum atomic E-state index is 13.1. The van der Waals surface area contributed by atoms with E-state index in [0.29, 0.717) is 36.5 Å². The van der Waals surface area contributed by atoms with Crippen LogP contribution in [0, 0.1) is 5.92 Å². The molecule has 0 radical (unpaired) electrons. The van der Waals surface area contributed by atoms with Crippen LogP contribution in [0.3, 0.4) is 0 Å². The number of aromatic nitrogens is 2. The van der Waals surface area contributed by atoms with Gasteiger partial charge in [0.2, 0.25) is 5.91 Å². The van der Waals surface area contributed by atoms with Gasteiger partial charge < -0.3 is 4.90 Å². The molecular weight excluding hydrogens is 386 g/mol. The second-order valence-electron chi connectivity index (χ2n) is 9.84. The number of carbonyl (C=O) groups excluding carboxylic acids is 1. The summed E-state index contributed by atoms with van der Waals surface area (Å²) in [4.78, 5) is 28.5. The lowest BCUT2D eigenvalue weighted by Gasteiger charge is -2.40. The molecule has 2 fully saturated rings. The van der Waals surface area contributed by atoms with Crippen molar-refractivity contribution >= 4 is 5.91 Å². The van der Waals surface area contributed by atoms with Crippen LogP contribution in [0.15, 0.2) is 36.9 Å². The van der Waals surface area contributed by atoms with Crippen molar-refractivity contribution in [1.82, 2.24) is 24.7 Å². The third kappa shape index (κ3) is 3.99.